The van der Waals surface area contributed by atoms with Crippen molar-refractivity contribution >= 4 is 5.78 Å². The number of aliphatic hydroxyl groups excluding tert-OH is 1. The van der Waals surface area contributed by atoms with Crippen molar-refractivity contribution in [3.63, 3.8) is 0 Å². The van der Waals surface area contributed by atoms with E-state index >= 15 is 0 Å². The van der Waals surface area contributed by atoms with Crippen molar-refractivity contribution in [3.05, 3.63) is 68.7 Å². The van der Waals surface area contributed by atoms with Crippen molar-refractivity contribution in [2.24, 2.45) is 0 Å². The van der Waals surface area contributed by atoms with Crippen LogP contribution in [-0.4, -0.2) is 76.0 Å². The Balaban J connectivity index is 2.53. The summed E-state index contributed by atoms with van der Waals surface area (Å²) in [6.07, 6.45) is 0.283. The van der Waals surface area contributed by atoms with E-state index in [1.165, 1.54) is 24.3 Å². The highest BCUT2D eigenvalue weighted by Gasteiger charge is 2.86. The lowest BCUT2D eigenvalue weighted by atomic mass is 9.86. The lowest BCUT2D eigenvalue weighted by Crippen LogP contribution is -2.72. The quantitative estimate of drug-likeness (QED) is 0.277. The fourth-order valence-electron chi connectivity index (χ4n) is 3.81. The number of rotatable bonds is 7. The molecule has 4 N–H and O–H groups in total. The van der Waals surface area contributed by atoms with Crippen LogP contribution in [0.1, 0.15) is 10.4 Å². The third-order valence-electron chi connectivity index (χ3n) is 5.46. The Morgan fingerprint density at radius 1 is 1.09 bits per heavy atom. The third kappa shape index (κ3) is 2.77. The van der Waals surface area contributed by atoms with Gasteiger partial charge >= 0.3 is 5.69 Å². The fourth-order valence-corrected chi connectivity index (χ4v) is 3.81. The molecule has 1 saturated heterocycles. The topological polar surface area (TPSA) is 170 Å². The number of hydrogen-bond acceptors (Lipinski definition) is 10. The molecule has 0 amide bonds. The highest BCUT2D eigenvalue weighted by Crippen LogP contribution is 2.56. The van der Waals surface area contributed by atoms with Crippen molar-refractivity contribution in [3.8, 4) is 0 Å². The molecule has 174 valence electrons. The molecule has 0 spiro atoms. The summed E-state index contributed by atoms with van der Waals surface area (Å²) in [6.45, 7) is -1.23. The molecule has 12 nitrogen and oxygen atoms in total. The van der Waals surface area contributed by atoms with Gasteiger partial charge in [0.25, 0.3) is 28.6 Å². The molecule has 2 heterocycles. The van der Waals surface area contributed by atoms with E-state index in [1.807, 2.05) is 0 Å². The first-order chi connectivity index (χ1) is 15.0. The van der Waals surface area contributed by atoms with Crippen LogP contribution in [0.5, 0.6) is 0 Å². The van der Waals surface area contributed by atoms with E-state index in [1.54, 1.807) is 11.1 Å². The average molecular weight is 456 g/mol. The number of halogens is 1. The second kappa shape index (κ2) is 7.97. The smallest absolute Gasteiger partial charge is 0.331 e. The molecule has 0 unspecified atom stereocenters. The Hall–Kier alpha value is -2.78. The van der Waals surface area contributed by atoms with Gasteiger partial charge in [-0.15, -0.1) is 0 Å². The minimum absolute atomic E-state index is 0.184. The molecule has 1 aromatic carbocycles. The number of carbonyl (C=O) groups excluding carboxylic acids is 1. The summed E-state index contributed by atoms with van der Waals surface area (Å²) in [5.74, 6) is -12.0. The van der Waals surface area contributed by atoms with Crippen molar-refractivity contribution in [1.82, 2.24) is 9.55 Å². The maximum absolute atomic E-state index is 14.3. The molecule has 0 saturated carbocycles. The molecule has 1 aliphatic rings. The van der Waals surface area contributed by atoms with E-state index in [4.69, 9.17) is 18.9 Å². The molecule has 1 aromatic heterocycles. The first-order valence-electron chi connectivity index (χ1n) is 9.07. The molecule has 0 radical (unpaired) electrons. The molecule has 32 heavy (non-hydrogen) atoms. The number of benzene rings is 1. The number of Topliss-reactive ketones (excluding diaryl/α,β-unsaturated/α-hetero) is 1. The Bertz CT molecular complexity index is 1130. The standard InChI is InChI=1S/C19H21FN2O10/c1-29-16(10-23)18(27,30-2)19(28,31-3)17(32-16,13(24)11-7-5-4-6-8-11)22-9-12(20)14(25)21-15(22)26/h4-9,23,27-28H,10H2,1-3H3,(H,21,25,26)/t16-,17-,18+,19-/m1/s1. The molecule has 0 aliphatic carbocycles. The number of ether oxygens (including phenoxy) is 4. The monoisotopic (exact) mass is 456 g/mol. The number of carbonyl (C=O) groups is 1. The SMILES string of the molecule is CO[C@]1(CO)O[C@@](C(=O)c2ccccc2)(n2cc(F)c(=O)[nH]c2=O)[C@@](O)(OC)[C@@]1(O)OC. The molecule has 2 aromatic rings. The maximum Gasteiger partial charge on any atom is 0.331 e. The van der Waals surface area contributed by atoms with Gasteiger partial charge in [-0.05, 0) is 0 Å². The molecule has 0 bridgehead atoms. The van der Waals surface area contributed by atoms with E-state index in [-0.39, 0.29) is 16.3 Å². The molecular formula is C19H21FN2O10. The van der Waals surface area contributed by atoms with Gasteiger partial charge in [0, 0.05) is 26.9 Å². The van der Waals surface area contributed by atoms with E-state index in [2.05, 4.69) is 0 Å². The minimum atomic E-state index is -3.35. The number of H-pyrrole nitrogens is 1. The van der Waals surface area contributed by atoms with Crippen LogP contribution in [0.25, 0.3) is 0 Å². The number of ketones is 1. The number of aromatic nitrogens is 2. The van der Waals surface area contributed by atoms with Gasteiger partial charge in [-0.25, -0.2) is 4.79 Å². The number of nitrogens with zero attached hydrogens (tertiary/aromatic N) is 1. The Labute approximate surface area is 179 Å². The van der Waals surface area contributed by atoms with Crippen molar-refractivity contribution in [2.75, 3.05) is 27.9 Å². The van der Waals surface area contributed by atoms with Gasteiger partial charge in [-0.1, -0.05) is 30.3 Å². The van der Waals surface area contributed by atoms with Gasteiger partial charge in [-0.3, -0.25) is 19.1 Å². The van der Waals surface area contributed by atoms with Gasteiger partial charge in [0.15, 0.2) is 0 Å². The Morgan fingerprint density at radius 2 is 1.69 bits per heavy atom. The predicted molar refractivity (Wildman–Crippen MR) is 102 cm³/mol. The largest absolute Gasteiger partial charge is 0.391 e. The van der Waals surface area contributed by atoms with Crippen molar-refractivity contribution in [2.45, 2.75) is 23.1 Å². The average Bonchev–Trinajstić information content (AvgIpc) is 2.99. The van der Waals surface area contributed by atoms with Crippen LogP contribution >= 0.6 is 0 Å². The van der Waals surface area contributed by atoms with E-state index < -0.39 is 52.5 Å². The summed E-state index contributed by atoms with van der Waals surface area (Å²) in [5, 5.41) is 32.9. The number of aromatic amines is 1. The number of nitrogens with one attached hydrogen (secondary N) is 1. The molecule has 4 atom stereocenters. The normalized spacial score (nSPS) is 32.2. The Kier molecular flexibility index (Phi) is 5.95. The zero-order valence-electron chi connectivity index (χ0n) is 17.2. The fraction of sp³-hybridized carbons (Fsp3) is 0.421. The van der Waals surface area contributed by atoms with E-state index in [0.717, 1.165) is 21.3 Å². The van der Waals surface area contributed by atoms with Gasteiger partial charge in [0.1, 0.15) is 6.61 Å². The molecule has 1 fully saturated rings. The van der Waals surface area contributed by atoms with Crippen molar-refractivity contribution in [1.29, 1.82) is 0 Å². The first kappa shape index (κ1) is 23.9. The number of aliphatic hydroxyl groups is 3. The van der Waals surface area contributed by atoms with E-state index in [9.17, 15) is 34.1 Å². The number of hydrogen-bond donors (Lipinski definition) is 4. The van der Waals surface area contributed by atoms with E-state index in [0.29, 0.717) is 0 Å². The van der Waals surface area contributed by atoms with Crippen molar-refractivity contribution < 1.29 is 43.5 Å². The highest BCUT2D eigenvalue weighted by atomic mass is 19.1. The summed E-state index contributed by atoms with van der Waals surface area (Å²) in [4.78, 5) is 39.7. The summed E-state index contributed by atoms with van der Waals surface area (Å²) < 4.78 is 35.2. The van der Waals surface area contributed by atoms with Gasteiger partial charge < -0.3 is 34.3 Å². The summed E-state index contributed by atoms with van der Waals surface area (Å²) >= 11 is 0. The molecular weight excluding hydrogens is 435 g/mol. The van der Waals surface area contributed by atoms with Crippen LogP contribution < -0.4 is 11.2 Å². The molecule has 13 heteroatoms. The minimum Gasteiger partial charge on any atom is -0.391 e. The summed E-state index contributed by atoms with van der Waals surface area (Å²) in [5.41, 5.74) is -6.20. The lowest BCUT2D eigenvalue weighted by molar-refractivity contribution is -0.418. The second-order valence-corrected chi connectivity index (χ2v) is 6.86. The van der Waals surface area contributed by atoms with Gasteiger partial charge in [0.05, 0.1) is 6.20 Å². The van der Waals surface area contributed by atoms with Crippen LogP contribution in [0.4, 0.5) is 4.39 Å². The van der Waals surface area contributed by atoms with Crippen LogP contribution in [0, 0.1) is 5.82 Å². The van der Waals surface area contributed by atoms with Gasteiger partial charge in [-0.2, -0.15) is 4.39 Å². The lowest BCUT2D eigenvalue weighted by Gasteiger charge is -2.43. The summed E-state index contributed by atoms with van der Waals surface area (Å²) in [7, 11) is 2.64. The van der Waals surface area contributed by atoms with Gasteiger partial charge in [0.2, 0.25) is 11.6 Å². The van der Waals surface area contributed by atoms with Crippen LogP contribution in [0.15, 0.2) is 46.1 Å². The molecule has 1 aliphatic heterocycles. The van der Waals surface area contributed by atoms with Crippen LogP contribution in [-0.2, 0) is 24.7 Å². The third-order valence-corrected chi connectivity index (χ3v) is 5.46. The van der Waals surface area contributed by atoms with Crippen LogP contribution in [0.2, 0.25) is 0 Å². The zero-order valence-corrected chi connectivity index (χ0v) is 17.2. The predicted octanol–water partition coefficient (Wildman–Crippen LogP) is -1.75. The highest BCUT2D eigenvalue weighted by molar-refractivity contribution is 6.02. The number of methoxy groups -OCH3 is 3. The molecule has 3 rings (SSSR count). The second-order valence-electron chi connectivity index (χ2n) is 6.86. The summed E-state index contributed by atoms with van der Waals surface area (Å²) in [6, 6.07) is 6.99. The first-order valence-corrected chi connectivity index (χ1v) is 9.07. The zero-order chi connectivity index (χ0) is 23.9. The Morgan fingerprint density at radius 3 is 2.19 bits per heavy atom. The maximum atomic E-state index is 14.3. The van der Waals surface area contributed by atoms with Crippen LogP contribution in [0.3, 0.4) is 0 Å².